The fraction of sp³-hybridized carbons (Fsp3) is 1.00. The second kappa shape index (κ2) is 6.05. The van der Waals surface area contributed by atoms with Crippen molar-refractivity contribution in [2.24, 2.45) is 0 Å². The number of rotatable bonds is 6. The van der Waals surface area contributed by atoms with Gasteiger partial charge in [-0.05, 0) is 11.6 Å². The number of hydrogen-bond acceptors (Lipinski definition) is 2. The van der Waals surface area contributed by atoms with Crippen LogP contribution in [0.4, 0.5) is 48.3 Å². The average Bonchev–Trinajstić information content (AvgIpc) is 2.22. The zero-order chi connectivity index (χ0) is 20.2. The van der Waals surface area contributed by atoms with Crippen LogP contribution < -0.4 is 0 Å². The normalized spacial score (nSPS) is 20.4. The predicted octanol–water partition coefficient (Wildman–Crippen LogP) is 5.18. The first-order chi connectivity index (χ1) is 9.96. The Morgan fingerprint density at radius 2 is 1.08 bits per heavy atom. The van der Waals surface area contributed by atoms with E-state index in [9.17, 15) is 56.7 Å². The summed E-state index contributed by atoms with van der Waals surface area (Å²) >= 11 is 7.61. The lowest BCUT2D eigenvalue weighted by Gasteiger charge is -2.41. The molecule has 0 radical (unpaired) electrons. The maximum absolute atomic E-state index is 13.7. The summed E-state index contributed by atoms with van der Waals surface area (Å²) < 4.78 is 163. The molecular formula is C7H2Cl3F11O2S. The van der Waals surface area contributed by atoms with E-state index in [2.05, 4.69) is 33.9 Å². The van der Waals surface area contributed by atoms with E-state index in [0.717, 1.165) is 0 Å². The third-order valence-electron chi connectivity index (χ3n) is 2.50. The molecule has 0 fully saturated rings. The van der Waals surface area contributed by atoms with Crippen molar-refractivity contribution < 1.29 is 56.7 Å². The van der Waals surface area contributed by atoms with Crippen molar-refractivity contribution in [2.75, 3.05) is 0 Å². The highest BCUT2D eigenvalue weighted by Gasteiger charge is 2.85. The molecule has 0 bridgehead atoms. The van der Waals surface area contributed by atoms with Gasteiger partial charge in [-0.1, -0.05) is 11.6 Å². The van der Waals surface area contributed by atoms with Gasteiger partial charge in [-0.2, -0.15) is 39.5 Å². The zero-order valence-electron chi connectivity index (χ0n) is 10.2. The Morgan fingerprint density at radius 1 is 0.750 bits per heavy atom. The molecule has 0 rings (SSSR count). The van der Waals surface area contributed by atoms with Gasteiger partial charge in [0.25, 0.3) is 14.7 Å². The molecule has 0 spiro atoms. The molecule has 2 unspecified atom stereocenters. The van der Waals surface area contributed by atoms with Gasteiger partial charge >= 0.3 is 27.9 Å². The fourth-order valence-corrected chi connectivity index (χ4v) is 1.99. The molecule has 17 heteroatoms. The van der Waals surface area contributed by atoms with Crippen molar-refractivity contribution in [3.05, 3.63) is 0 Å². The average molecular weight is 465 g/mol. The molecule has 0 aliphatic carbocycles. The molecule has 2 atom stereocenters. The summed E-state index contributed by atoms with van der Waals surface area (Å²) in [6.07, 6.45) is -11.3. The molecule has 146 valence electrons. The Bertz CT molecular complexity index is 581. The summed E-state index contributed by atoms with van der Waals surface area (Å²) in [5.41, 5.74) is -6.90. The van der Waals surface area contributed by atoms with Crippen LogP contribution in [0.1, 0.15) is 6.42 Å². The Balaban J connectivity index is 6.54. The van der Waals surface area contributed by atoms with E-state index in [1.807, 2.05) is 0 Å². The molecule has 2 nitrogen and oxygen atoms in total. The monoisotopic (exact) mass is 464 g/mol. The maximum Gasteiger partial charge on any atom is 0.428 e. The third kappa shape index (κ3) is 3.75. The van der Waals surface area contributed by atoms with Crippen molar-refractivity contribution in [1.82, 2.24) is 0 Å². The van der Waals surface area contributed by atoms with Crippen LogP contribution in [-0.2, 0) is 9.05 Å². The largest absolute Gasteiger partial charge is 0.428 e. The van der Waals surface area contributed by atoms with E-state index in [1.54, 1.807) is 0 Å². The Hall–Kier alpha value is 0.0500. The molecule has 0 aromatic heterocycles. The van der Waals surface area contributed by atoms with Crippen LogP contribution in [0, 0.1) is 0 Å². The SMILES string of the molecule is O=S(=O)(Cl)C(F)(F)CC(F)(C(F)(F)F)C(F)(F)C(F)(Cl)C(F)(F)Cl. The third-order valence-corrected chi connectivity index (χ3v) is 4.87. The summed E-state index contributed by atoms with van der Waals surface area (Å²) in [4.78, 5) is 0. The van der Waals surface area contributed by atoms with Gasteiger partial charge in [0.05, 0.1) is 6.42 Å². The molecule has 0 aromatic carbocycles. The van der Waals surface area contributed by atoms with E-state index < -0.39 is 49.0 Å². The number of halogens is 14. The second-order valence-electron chi connectivity index (χ2n) is 4.20. The van der Waals surface area contributed by atoms with Crippen molar-refractivity contribution in [2.45, 2.75) is 40.0 Å². The first kappa shape index (κ1) is 24.1. The summed E-state index contributed by atoms with van der Waals surface area (Å²) in [5, 5.41) is -18.5. The predicted molar refractivity (Wildman–Crippen MR) is 59.7 cm³/mol. The number of hydrogen-bond donors (Lipinski definition) is 0. The summed E-state index contributed by atoms with van der Waals surface area (Å²) in [6.45, 7) is 0. The first-order valence-corrected chi connectivity index (χ1v) is 7.92. The summed E-state index contributed by atoms with van der Waals surface area (Å²) in [5.74, 6) is -7.18. The van der Waals surface area contributed by atoms with Crippen LogP contribution in [0.3, 0.4) is 0 Å². The van der Waals surface area contributed by atoms with Crippen molar-refractivity contribution in [1.29, 1.82) is 0 Å². The molecule has 0 saturated heterocycles. The first-order valence-electron chi connectivity index (χ1n) is 4.86. The highest BCUT2D eigenvalue weighted by Crippen LogP contribution is 2.61. The van der Waals surface area contributed by atoms with Crippen molar-refractivity contribution >= 4 is 42.9 Å². The van der Waals surface area contributed by atoms with Gasteiger partial charge in [0.1, 0.15) is 0 Å². The molecule has 0 saturated carbocycles. The highest BCUT2D eigenvalue weighted by atomic mass is 35.7. The van der Waals surface area contributed by atoms with E-state index >= 15 is 0 Å². The van der Waals surface area contributed by atoms with Crippen LogP contribution in [0.2, 0.25) is 0 Å². The van der Waals surface area contributed by atoms with Gasteiger partial charge < -0.3 is 0 Å². The Labute approximate surface area is 140 Å². The summed E-state index contributed by atoms with van der Waals surface area (Å²) in [7, 11) is -2.48. The molecule has 0 aliphatic rings. The zero-order valence-corrected chi connectivity index (χ0v) is 13.3. The highest BCUT2D eigenvalue weighted by molar-refractivity contribution is 8.14. The smallest absolute Gasteiger partial charge is 0.227 e. The lowest BCUT2D eigenvalue weighted by atomic mass is 9.89. The minimum Gasteiger partial charge on any atom is -0.227 e. The van der Waals surface area contributed by atoms with Crippen LogP contribution in [0.25, 0.3) is 0 Å². The minimum atomic E-state index is -7.20. The van der Waals surface area contributed by atoms with Gasteiger partial charge in [0, 0.05) is 10.7 Å². The van der Waals surface area contributed by atoms with Crippen LogP contribution >= 0.6 is 33.9 Å². The lowest BCUT2D eigenvalue weighted by molar-refractivity contribution is -0.342. The van der Waals surface area contributed by atoms with Gasteiger partial charge in [-0.25, -0.2) is 17.2 Å². The van der Waals surface area contributed by atoms with Crippen molar-refractivity contribution in [3.63, 3.8) is 0 Å². The number of alkyl halides is 13. The maximum atomic E-state index is 13.7. The lowest BCUT2D eigenvalue weighted by Crippen LogP contribution is -2.68. The van der Waals surface area contributed by atoms with E-state index in [1.165, 1.54) is 0 Å². The van der Waals surface area contributed by atoms with E-state index in [0.29, 0.717) is 0 Å². The molecule has 0 heterocycles. The standard InChI is InChI=1S/C7H2Cl3F11O2S/c8-4(14,6(9,17)18)5(15,16)2(11,7(19,20)21)1-3(12,13)24(10,22)23/h1H2. The molecular weight excluding hydrogens is 463 g/mol. The Morgan fingerprint density at radius 3 is 1.29 bits per heavy atom. The summed E-state index contributed by atoms with van der Waals surface area (Å²) in [6, 6.07) is 0. The topological polar surface area (TPSA) is 34.1 Å². The van der Waals surface area contributed by atoms with Crippen molar-refractivity contribution in [3.8, 4) is 0 Å². The van der Waals surface area contributed by atoms with Crippen LogP contribution in [0.5, 0.6) is 0 Å². The Kier molecular flexibility index (Phi) is 6.06. The molecule has 0 N–H and O–H groups in total. The van der Waals surface area contributed by atoms with E-state index in [4.69, 9.17) is 0 Å². The van der Waals surface area contributed by atoms with Gasteiger partial charge in [0.15, 0.2) is 0 Å². The molecule has 0 amide bonds. The minimum absolute atomic E-state index is 3.74. The van der Waals surface area contributed by atoms with Crippen LogP contribution in [-0.4, -0.2) is 41.9 Å². The van der Waals surface area contributed by atoms with Gasteiger partial charge in [-0.15, -0.1) is 0 Å². The quantitative estimate of drug-likeness (QED) is 0.308. The van der Waals surface area contributed by atoms with Gasteiger partial charge in [-0.3, -0.25) is 0 Å². The molecule has 24 heavy (non-hydrogen) atoms. The van der Waals surface area contributed by atoms with Crippen LogP contribution in [0.15, 0.2) is 0 Å². The van der Waals surface area contributed by atoms with E-state index in [-0.39, 0.29) is 0 Å². The second-order valence-corrected chi connectivity index (χ2v) is 7.88. The molecule has 0 aliphatic heterocycles. The fourth-order valence-electron chi connectivity index (χ4n) is 1.19. The molecule has 0 aromatic rings. The van der Waals surface area contributed by atoms with Gasteiger partial charge in [0.2, 0.25) is 0 Å².